The molecule has 0 aromatic heterocycles. The van der Waals surface area contributed by atoms with E-state index in [1.165, 1.54) is 24.0 Å². The molecular formula is C13H19Br. The zero-order chi connectivity index (χ0) is 10.4. The molecule has 1 rings (SSSR count). The minimum atomic E-state index is 0.686. The van der Waals surface area contributed by atoms with E-state index >= 15 is 0 Å². The van der Waals surface area contributed by atoms with Gasteiger partial charge >= 0.3 is 0 Å². The standard InChI is InChI=1S/C13H19Br/c1-3-5-13(10-14)12-8-6-11(4-2)7-9-12/h6-9,13H,3-5,10H2,1-2H3. The average Bonchev–Trinajstić information content (AvgIpc) is 2.26. The van der Waals surface area contributed by atoms with Gasteiger partial charge in [0.25, 0.3) is 0 Å². The van der Waals surface area contributed by atoms with E-state index in [1.54, 1.807) is 0 Å². The van der Waals surface area contributed by atoms with Crippen LogP contribution in [0.2, 0.25) is 0 Å². The van der Waals surface area contributed by atoms with Gasteiger partial charge in [-0.15, -0.1) is 0 Å². The summed E-state index contributed by atoms with van der Waals surface area (Å²) in [6.45, 7) is 4.44. The number of aryl methyl sites for hydroxylation is 1. The Morgan fingerprint density at radius 3 is 2.21 bits per heavy atom. The van der Waals surface area contributed by atoms with Gasteiger partial charge in [-0.3, -0.25) is 0 Å². The van der Waals surface area contributed by atoms with Crippen LogP contribution in [0.5, 0.6) is 0 Å². The molecule has 0 N–H and O–H groups in total. The third kappa shape index (κ3) is 3.13. The van der Waals surface area contributed by atoms with Crippen molar-refractivity contribution in [3.63, 3.8) is 0 Å². The predicted octanol–water partition coefficient (Wildman–Crippen LogP) is 4.53. The Bertz CT molecular complexity index is 250. The van der Waals surface area contributed by atoms with Crippen LogP contribution in [0.25, 0.3) is 0 Å². The maximum absolute atomic E-state index is 3.59. The lowest BCUT2D eigenvalue weighted by Crippen LogP contribution is -1.99. The molecule has 0 spiro atoms. The number of benzene rings is 1. The molecule has 0 aliphatic rings. The first kappa shape index (κ1) is 11.8. The van der Waals surface area contributed by atoms with Crippen LogP contribution in [0.1, 0.15) is 43.7 Å². The quantitative estimate of drug-likeness (QED) is 0.678. The fraction of sp³-hybridized carbons (Fsp3) is 0.538. The molecule has 1 heteroatoms. The number of rotatable bonds is 5. The summed E-state index contributed by atoms with van der Waals surface area (Å²) in [5.41, 5.74) is 2.90. The van der Waals surface area contributed by atoms with Crippen LogP contribution in [-0.2, 0) is 6.42 Å². The third-order valence-electron chi connectivity index (χ3n) is 2.68. The van der Waals surface area contributed by atoms with Gasteiger partial charge in [-0.1, -0.05) is 60.5 Å². The number of alkyl halides is 1. The van der Waals surface area contributed by atoms with Gasteiger partial charge < -0.3 is 0 Å². The fourth-order valence-corrected chi connectivity index (χ4v) is 2.40. The molecule has 1 aromatic rings. The van der Waals surface area contributed by atoms with Crippen molar-refractivity contribution >= 4 is 15.9 Å². The first-order valence-electron chi connectivity index (χ1n) is 5.46. The average molecular weight is 255 g/mol. The van der Waals surface area contributed by atoms with Crippen LogP contribution in [0.3, 0.4) is 0 Å². The minimum absolute atomic E-state index is 0.686. The van der Waals surface area contributed by atoms with Gasteiger partial charge in [0.15, 0.2) is 0 Å². The Kier molecular flexibility index (Phi) is 5.24. The van der Waals surface area contributed by atoms with Crippen molar-refractivity contribution < 1.29 is 0 Å². The summed E-state index contributed by atoms with van der Waals surface area (Å²) in [6.07, 6.45) is 3.66. The van der Waals surface area contributed by atoms with E-state index < -0.39 is 0 Å². The highest BCUT2D eigenvalue weighted by Crippen LogP contribution is 2.23. The van der Waals surface area contributed by atoms with Gasteiger partial charge in [0, 0.05) is 5.33 Å². The predicted molar refractivity (Wildman–Crippen MR) is 67.3 cm³/mol. The highest BCUT2D eigenvalue weighted by atomic mass is 79.9. The van der Waals surface area contributed by atoms with Gasteiger partial charge in [-0.05, 0) is 29.9 Å². The molecule has 78 valence electrons. The van der Waals surface area contributed by atoms with Gasteiger partial charge in [0.2, 0.25) is 0 Å². The first-order valence-corrected chi connectivity index (χ1v) is 6.58. The normalized spacial score (nSPS) is 12.8. The lowest BCUT2D eigenvalue weighted by Gasteiger charge is -2.13. The van der Waals surface area contributed by atoms with Crippen LogP contribution >= 0.6 is 15.9 Å². The van der Waals surface area contributed by atoms with Gasteiger partial charge in [-0.2, -0.15) is 0 Å². The smallest absolute Gasteiger partial charge is 0.0100 e. The number of halogens is 1. The van der Waals surface area contributed by atoms with Crippen molar-refractivity contribution in [3.05, 3.63) is 35.4 Å². The van der Waals surface area contributed by atoms with Crippen LogP contribution in [0.4, 0.5) is 0 Å². The summed E-state index contributed by atoms with van der Waals surface area (Å²) in [4.78, 5) is 0. The van der Waals surface area contributed by atoms with Crippen molar-refractivity contribution in [2.24, 2.45) is 0 Å². The van der Waals surface area contributed by atoms with Crippen molar-refractivity contribution in [3.8, 4) is 0 Å². The molecule has 1 unspecified atom stereocenters. The van der Waals surface area contributed by atoms with Crippen LogP contribution in [-0.4, -0.2) is 5.33 Å². The second kappa shape index (κ2) is 6.23. The highest BCUT2D eigenvalue weighted by Gasteiger charge is 2.08. The molecular weight excluding hydrogens is 236 g/mol. The van der Waals surface area contributed by atoms with Crippen LogP contribution in [0.15, 0.2) is 24.3 Å². The summed E-state index contributed by atoms with van der Waals surface area (Å²) < 4.78 is 0. The van der Waals surface area contributed by atoms with Crippen molar-refractivity contribution in [2.75, 3.05) is 5.33 Å². The van der Waals surface area contributed by atoms with Crippen molar-refractivity contribution in [1.29, 1.82) is 0 Å². The molecule has 0 aliphatic heterocycles. The van der Waals surface area contributed by atoms with E-state index in [9.17, 15) is 0 Å². The molecule has 0 aliphatic carbocycles. The Morgan fingerprint density at radius 1 is 1.14 bits per heavy atom. The lowest BCUT2D eigenvalue weighted by molar-refractivity contribution is 0.676. The van der Waals surface area contributed by atoms with Gasteiger partial charge in [-0.25, -0.2) is 0 Å². The Morgan fingerprint density at radius 2 is 1.79 bits per heavy atom. The lowest BCUT2D eigenvalue weighted by atomic mass is 9.95. The van der Waals surface area contributed by atoms with Crippen LogP contribution in [0, 0.1) is 0 Å². The Labute approximate surface area is 95.9 Å². The highest BCUT2D eigenvalue weighted by molar-refractivity contribution is 9.09. The first-order chi connectivity index (χ1) is 6.81. The molecule has 0 saturated carbocycles. The molecule has 0 bridgehead atoms. The van der Waals surface area contributed by atoms with Gasteiger partial charge in [0.1, 0.15) is 0 Å². The fourth-order valence-electron chi connectivity index (χ4n) is 1.71. The van der Waals surface area contributed by atoms with E-state index in [0.717, 1.165) is 11.8 Å². The molecule has 0 fully saturated rings. The second-order valence-corrected chi connectivity index (χ2v) is 4.38. The molecule has 1 atom stereocenters. The molecule has 0 heterocycles. The van der Waals surface area contributed by atoms with E-state index in [4.69, 9.17) is 0 Å². The zero-order valence-corrected chi connectivity index (χ0v) is 10.7. The second-order valence-electron chi connectivity index (χ2n) is 3.74. The van der Waals surface area contributed by atoms with Crippen molar-refractivity contribution in [2.45, 2.75) is 39.0 Å². The van der Waals surface area contributed by atoms with Crippen molar-refractivity contribution in [1.82, 2.24) is 0 Å². The third-order valence-corrected chi connectivity index (χ3v) is 3.46. The maximum Gasteiger partial charge on any atom is 0.0100 e. The number of hydrogen-bond acceptors (Lipinski definition) is 0. The largest absolute Gasteiger partial charge is 0.0921 e. The number of hydrogen-bond donors (Lipinski definition) is 0. The maximum atomic E-state index is 3.59. The van der Waals surface area contributed by atoms with E-state index in [1.807, 2.05) is 0 Å². The zero-order valence-electron chi connectivity index (χ0n) is 9.09. The molecule has 0 nitrogen and oxygen atoms in total. The minimum Gasteiger partial charge on any atom is -0.0921 e. The Balaban J connectivity index is 2.73. The molecule has 0 saturated heterocycles. The summed E-state index contributed by atoms with van der Waals surface area (Å²) in [7, 11) is 0. The van der Waals surface area contributed by atoms with Crippen LogP contribution < -0.4 is 0 Å². The topological polar surface area (TPSA) is 0 Å². The SMILES string of the molecule is CCCC(CBr)c1ccc(CC)cc1. The summed E-state index contributed by atoms with van der Waals surface area (Å²) in [5, 5.41) is 1.08. The Hall–Kier alpha value is -0.300. The molecule has 0 amide bonds. The molecule has 1 aromatic carbocycles. The molecule has 0 radical (unpaired) electrons. The summed E-state index contributed by atoms with van der Waals surface area (Å²) >= 11 is 3.59. The summed E-state index contributed by atoms with van der Waals surface area (Å²) in [6, 6.07) is 9.06. The van der Waals surface area contributed by atoms with Gasteiger partial charge in [0.05, 0.1) is 0 Å². The monoisotopic (exact) mass is 254 g/mol. The van der Waals surface area contributed by atoms with E-state index in [-0.39, 0.29) is 0 Å². The molecule has 14 heavy (non-hydrogen) atoms. The summed E-state index contributed by atoms with van der Waals surface area (Å²) in [5.74, 6) is 0.686. The van der Waals surface area contributed by atoms with E-state index in [2.05, 4.69) is 54.0 Å². The van der Waals surface area contributed by atoms with E-state index in [0.29, 0.717) is 5.92 Å².